The number of Topliss-reactive ketones (excluding diaryl/α,β-unsaturated/α-hetero) is 3. The van der Waals surface area contributed by atoms with E-state index in [2.05, 4.69) is 103 Å². The Hall–Kier alpha value is -9.10. The Kier molecular flexibility index (Phi) is 29.0. The number of nitrogens with one attached hydrogen (secondary N) is 3. The van der Waals surface area contributed by atoms with Gasteiger partial charge in [0.2, 0.25) is 11.5 Å². The van der Waals surface area contributed by atoms with Gasteiger partial charge in [0.25, 0.3) is 0 Å². The number of ether oxygens (including phenoxy) is 2. The number of ketones is 3. The third kappa shape index (κ3) is 22.4. The van der Waals surface area contributed by atoms with Crippen LogP contribution in [0.15, 0.2) is 136 Å². The number of methoxy groups -OCH3 is 1. The highest BCUT2D eigenvalue weighted by Crippen LogP contribution is 2.51. The number of unbranched alkanes of at least 4 members (excludes halogenated alkanes) is 3. The fourth-order valence-corrected chi connectivity index (χ4v) is 12.9. The fraction of sp³-hybridized carbons (Fsp3) is 0.434. The van der Waals surface area contributed by atoms with E-state index < -0.39 is 58.4 Å². The van der Waals surface area contributed by atoms with Gasteiger partial charge in [-0.1, -0.05) is 197 Å². The zero-order valence-corrected chi connectivity index (χ0v) is 66.1. The number of pyridine rings is 1. The normalized spacial score (nSPS) is 13.8. The van der Waals surface area contributed by atoms with Gasteiger partial charge in [0.05, 0.1) is 21.7 Å². The lowest BCUT2D eigenvalue weighted by Crippen LogP contribution is -2.51. The van der Waals surface area contributed by atoms with E-state index in [4.69, 9.17) is 39.5 Å². The number of hydrogen-bond donors (Lipinski definition) is 3. The van der Waals surface area contributed by atoms with Gasteiger partial charge in [0.1, 0.15) is 34.5 Å². The number of hydrogen-bond acceptors (Lipinski definition) is 15. The number of alkyl halides is 6. The predicted octanol–water partition coefficient (Wildman–Crippen LogP) is 19.8. The second-order valence-corrected chi connectivity index (χ2v) is 31.5. The molecule has 10 rings (SSSR count). The van der Waals surface area contributed by atoms with Crippen LogP contribution in [0.3, 0.4) is 0 Å². The lowest BCUT2D eigenvalue weighted by molar-refractivity contribution is -0.252. The average molecular weight is 1580 g/mol. The zero-order valence-electron chi connectivity index (χ0n) is 63.9. The highest BCUT2D eigenvalue weighted by molar-refractivity contribution is 6.34. The number of halogens is 9. The molecule has 18 nitrogen and oxygen atoms in total. The molecule has 1 fully saturated rings. The molecule has 586 valence electrons. The van der Waals surface area contributed by atoms with E-state index >= 15 is 0 Å². The number of carbonyl (C=O) groups excluding carboxylic acids is 3. The Labute approximate surface area is 650 Å². The van der Waals surface area contributed by atoms with Crippen molar-refractivity contribution in [3.63, 3.8) is 0 Å². The van der Waals surface area contributed by atoms with E-state index in [0.29, 0.717) is 112 Å². The second-order valence-electron chi connectivity index (χ2n) is 30.3. The summed E-state index contributed by atoms with van der Waals surface area (Å²) in [7, 11) is 0.853. The standard InChI is InChI=1S/C29H31ClF3N3O2.C28H35ClN4O3.C26H27ClF3N3O3/c1-27(2,3)20-9-7-8-19(17-20)24-34-25(36-26(38)35-24)21-16-18(10-12-22(21)30)11-13-23(37)28(29(31,32)33)14-5-4-6-15-28;1-5-7-8-9-16-36-24-15-12-20(18-30-24)25-31-26(33-27(35)32-25)21-17-19(10-13-22(21)29)11-14-23(34)28(3,4)6-2;1-24(2,3)17-8-6-7-16(14-17)21-31-22(33-23(35)32-21)18-13-15(9-11-19(18)27)10-12-20(34)25(4,36-5)26(28,29)30/h7-10,12,16-17H,4-6,11,13-15H2,1-3H3,(H,34,35,36,38);10,12-13,15,17-18H,5-9,11,14,16H2,1-4H3,(H,31,32,33,35);6-9,11,13-14H,10,12H2,1-5H3,(H,31,32,33,35)/t;;25-/m..1/s1. The van der Waals surface area contributed by atoms with Crippen LogP contribution in [-0.2, 0) is 49.2 Å². The highest BCUT2D eigenvalue weighted by Gasteiger charge is 2.59. The molecule has 110 heavy (non-hydrogen) atoms. The molecule has 4 aromatic heterocycles. The van der Waals surface area contributed by atoms with Crippen LogP contribution in [0.1, 0.15) is 187 Å². The van der Waals surface area contributed by atoms with E-state index in [9.17, 15) is 55.1 Å². The van der Waals surface area contributed by atoms with Gasteiger partial charge in [0, 0.05) is 77.4 Å². The number of H-pyrrole nitrogens is 3. The minimum Gasteiger partial charge on any atom is -0.478 e. The van der Waals surface area contributed by atoms with Crippen LogP contribution in [-0.4, -0.2) is 98.9 Å². The molecule has 0 unspecified atom stereocenters. The van der Waals surface area contributed by atoms with Gasteiger partial charge in [-0.15, -0.1) is 0 Å². The quantitative estimate of drug-likeness (QED) is 0.0336. The molecule has 0 spiro atoms. The highest BCUT2D eigenvalue weighted by atomic mass is 35.5. The number of benzene rings is 5. The molecule has 1 saturated carbocycles. The first-order valence-corrected chi connectivity index (χ1v) is 37.7. The molecule has 1 atom stereocenters. The van der Waals surface area contributed by atoms with Crippen molar-refractivity contribution < 1.29 is 50.2 Å². The van der Waals surface area contributed by atoms with Gasteiger partial charge in [0.15, 0.2) is 23.3 Å². The maximum atomic E-state index is 13.9. The third-order valence-electron chi connectivity index (χ3n) is 19.9. The summed E-state index contributed by atoms with van der Waals surface area (Å²) in [4.78, 5) is 113. The summed E-state index contributed by atoms with van der Waals surface area (Å²) < 4.78 is 91.9. The van der Waals surface area contributed by atoms with Crippen molar-refractivity contribution in [1.29, 1.82) is 0 Å². The fourth-order valence-electron chi connectivity index (χ4n) is 12.3. The van der Waals surface area contributed by atoms with Crippen molar-refractivity contribution >= 4 is 52.2 Å². The lowest BCUT2D eigenvalue weighted by Gasteiger charge is -2.37. The van der Waals surface area contributed by atoms with E-state index in [-0.39, 0.29) is 88.3 Å². The minimum atomic E-state index is -4.84. The Morgan fingerprint density at radius 1 is 0.500 bits per heavy atom. The van der Waals surface area contributed by atoms with Crippen LogP contribution in [0.4, 0.5) is 26.3 Å². The molecule has 1 aliphatic rings. The Bertz CT molecular complexity index is 4910. The molecule has 1 aliphatic carbocycles. The first kappa shape index (κ1) is 86.5. The molecule has 5 aromatic carbocycles. The minimum absolute atomic E-state index is 0.00777. The van der Waals surface area contributed by atoms with Crippen molar-refractivity contribution in [1.82, 2.24) is 49.8 Å². The maximum Gasteiger partial charge on any atom is 0.424 e. The summed E-state index contributed by atoms with van der Waals surface area (Å²) in [5.74, 6) is 0.235. The van der Waals surface area contributed by atoms with Gasteiger partial charge in [-0.25, -0.2) is 34.3 Å². The molecule has 0 amide bonds. The van der Waals surface area contributed by atoms with E-state index in [1.54, 1.807) is 60.8 Å². The van der Waals surface area contributed by atoms with Gasteiger partial charge in [-0.3, -0.25) is 29.3 Å². The third-order valence-corrected chi connectivity index (χ3v) is 20.8. The second kappa shape index (κ2) is 36.8. The Balaban J connectivity index is 0.000000208. The smallest absolute Gasteiger partial charge is 0.424 e. The summed E-state index contributed by atoms with van der Waals surface area (Å²) in [6, 6.07) is 33.9. The number of aromatic amines is 3. The molecular weight excluding hydrogens is 1490 g/mol. The molecule has 0 radical (unpaired) electrons. The van der Waals surface area contributed by atoms with Gasteiger partial charge in [-0.2, -0.15) is 41.3 Å². The largest absolute Gasteiger partial charge is 0.478 e. The Morgan fingerprint density at radius 3 is 1.31 bits per heavy atom. The SMILES string of the molecule is CC(C)(C)c1cccc(-c2nc(-c3cc(CCC(=O)C4(C(F)(F)F)CCCCC4)ccc3Cl)[nH]c(=O)n2)c1.CCCCCCOc1ccc(-c2nc(-c3cc(CCC(=O)C(C)(C)CC)ccc3Cl)[nH]c(=O)n2)cn1.CO[C@](C)(C(=O)CCc1ccc(Cl)c(-c2nc(-c3cccc(C(C)(C)C)c3)nc(=O)[nH]2)c1)C(F)(F)F. The average Bonchev–Trinajstić information content (AvgIpc) is 0.769. The van der Waals surface area contributed by atoms with Gasteiger partial charge in [-0.05, 0) is 145 Å². The number of aryl methyl sites for hydroxylation is 3. The van der Waals surface area contributed by atoms with E-state index in [0.717, 1.165) is 43.1 Å². The summed E-state index contributed by atoms with van der Waals surface area (Å²) in [5, 5.41) is 1.03. The van der Waals surface area contributed by atoms with E-state index in [1.165, 1.54) is 18.9 Å². The predicted molar refractivity (Wildman–Crippen MR) is 418 cm³/mol. The van der Waals surface area contributed by atoms with Crippen LogP contribution >= 0.6 is 34.8 Å². The molecule has 0 bridgehead atoms. The van der Waals surface area contributed by atoms with E-state index in [1.807, 2.05) is 75.4 Å². The lowest BCUT2D eigenvalue weighted by atomic mass is 9.69. The van der Waals surface area contributed by atoms with Crippen LogP contribution in [0, 0.1) is 10.8 Å². The van der Waals surface area contributed by atoms with Crippen LogP contribution in [0.5, 0.6) is 5.88 Å². The van der Waals surface area contributed by atoms with Crippen LogP contribution in [0.2, 0.25) is 15.1 Å². The number of rotatable bonds is 26. The van der Waals surface area contributed by atoms with Gasteiger partial charge >= 0.3 is 29.4 Å². The maximum absolute atomic E-state index is 13.9. The van der Waals surface area contributed by atoms with Crippen molar-refractivity contribution in [3.8, 4) is 74.2 Å². The number of nitrogens with zero attached hydrogens (tertiary/aromatic N) is 7. The summed E-state index contributed by atoms with van der Waals surface area (Å²) in [6.45, 7) is 21.9. The van der Waals surface area contributed by atoms with Crippen LogP contribution in [0.25, 0.3) is 68.3 Å². The monoisotopic (exact) mass is 1580 g/mol. The topological polar surface area (TPSA) is 258 Å². The summed E-state index contributed by atoms with van der Waals surface area (Å²) in [5.41, 5.74) is -0.0192. The van der Waals surface area contributed by atoms with Crippen molar-refractivity contribution in [2.45, 2.75) is 208 Å². The molecule has 0 saturated heterocycles. The van der Waals surface area contributed by atoms with Gasteiger partial charge < -0.3 is 9.47 Å². The van der Waals surface area contributed by atoms with Crippen molar-refractivity contribution in [3.05, 3.63) is 196 Å². The van der Waals surface area contributed by atoms with Crippen molar-refractivity contribution in [2.24, 2.45) is 10.8 Å². The molecule has 9 aromatic rings. The molecule has 4 heterocycles. The summed E-state index contributed by atoms with van der Waals surface area (Å²) >= 11 is 19.3. The number of carbonyl (C=O) groups is 3. The first-order valence-electron chi connectivity index (χ1n) is 36.6. The zero-order chi connectivity index (χ0) is 80.7. The first-order chi connectivity index (χ1) is 51.7. The Morgan fingerprint density at radius 2 is 0.927 bits per heavy atom. The molecular formula is C83H93Cl3F6N10O8. The molecule has 3 N–H and O–H groups in total. The molecule has 0 aliphatic heterocycles. The summed E-state index contributed by atoms with van der Waals surface area (Å²) in [6.07, 6.45) is -0.788. The number of aromatic nitrogens is 10. The molecule has 27 heteroatoms. The van der Waals surface area contributed by atoms with Crippen molar-refractivity contribution in [2.75, 3.05) is 13.7 Å². The van der Waals surface area contributed by atoms with Crippen LogP contribution < -0.4 is 21.8 Å².